The Morgan fingerprint density at radius 2 is 1.23 bits per heavy atom. The van der Waals surface area contributed by atoms with Gasteiger partial charge in [-0.2, -0.15) is 0 Å². The number of hydrogen-bond acceptors (Lipinski definition) is 3. The van der Waals surface area contributed by atoms with Gasteiger partial charge in [-0.15, -0.1) is 0 Å². The zero-order chi connectivity index (χ0) is 21.4. The first kappa shape index (κ1) is 23.7. The van der Waals surface area contributed by atoms with Crippen molar-refractivity contribution in [1.29, 1.82) is 0 Å². The van der Waals surface area contributed by atoms with Gasteiger partial charge in [0, 0.05) is 5.56 Å². The molecule has 2 rings (SSSR count). The lowest BCUT2D eigenvalue weighted by Gasteiger charge is -2.06. The molecular weight excluding hydrogens is 372 g/mol. The molecule has 0 saturated heterocycles. The van der Waals surface area contributed by atoms with Gasteiger partial charge in [0.15, 0.2) is 5.78 Å². The average molecular weight is 409 g/mol. The first-order valence-electron chi connectivity index (χ1n) is 11.4. The van der Waals surface area contributed by atoms with Crippen LogP contribution in [-0.2, 0) is 0 Å². The lowest BCUT2D eigenvalue weighted by molar-refractivity contribution is 0.104. The second kappa shape index (κ2) is 14.4. The number of allylic oxidation sites excluding steroid dienone is 1. The molecule has 0 atom stereocenters. The standard InChI is InChI=1S/C27H36O3/c1-3-5-7-8-9-10-22-30-26-18-14-24(15-19-26)27(28)20-13-23-11-16-25(17-12-23)29-21-6-4-2/h11-20H,3-10,21-22H2,1-2H3/b20-13+. The van der Waals surface area contributed by atoms with E-state index in [1.54, 1.807) is 6.08 Å². The third-order valence-corrected chi connectivity index (χ3v) is 4.98. The maximum atomic E-state index is 12.4. The molecule has 0 unspecified atom stereocenters. The summed E-state index contributed by atoms with van der Waals surface area (Å²) < 4.78 is 11.4. The molecule has 0 heterocycles. The van der Waals surface area contributed by atoms with E-state index in [1.165, 1.54) is 32.1 Å². The number of ketones is 1. The van der Waals surface area contributed by atoms with Crippen molar-refractivity contribution in [1.82, 2.24) is 0 Å². The normalized spacial score (nSPS) is 11.0. The van der Waals surface area contributed by atoms with Crippen molar-refractivity contribution in [3.05, 3.63) is 65.7 Å². The summed E-state index contributed by atoms with van der Waals surface area (Å²) in [5.41, 5.74) is 1.64. The van der Waals surface area contributed by atoms with Gasteiger partial charge in [-0.05, 0) is 60.9 Å². The minimum absolute atomic E-state index is 0.0132. The fourth-order valence-corrected chi connectivity index (χ4v) is 3.07. The van der Waals surface area contributed by atoms with Gasteiger partial charge in [-0.25, -0.2) is 0 Å². The highest BCUT2D eigenvalue weighted by Crippen LogP contribution is 2.16. The fourth-order valence-electron chi connectivity index (χ4n) is 3.07. The largest absolute Gasteiger partial charge is 0.494 e. The molecule has 30 heavy (non-hydrogen) atoms. The van der Waals surface area contributed by atoms with Crippen LogP contribution in [0, 0.1) is 0 Å². The van der Waals surface area contributed by atoms with Crippen LogP contribution in [0.1, 0.15) is 81.1 Å². The quantitative estimate of drug-likeness (QED) is 0.174. The summed E-state index contributed by atoms with van der Waals surface area (Å²) in [5, 5.41) is 0. The van der Waals surface area contributed by atoms with Crippen LogP contribution >= 0.6 is 0 Å². The molecule has 0 saturated carbocycles. The maximum Gasteiger partial charge on any atom is 0.185 e. The highest BCUT2D eigenvalue weighted by Gasteiger charge is 2.03. The third-order valence-electron chi connectivity index (χ3n) is 4.98. The lowest BCUT2D eigenvalue weighted by Crippen LogP contribution is -1.99. The summed E-state index contributed by atoms with van der Waals surface area (Å²) in [6.45, 7) is 5.85. The van der Waals surface area contributed by atoms with Crippen molar-refractivity contribution in [2.75, 3.05) is 13.2 Å². The van der Waals surface area contributed by atoms with Gasteiger partial charge in [-0.1, -0.05) is 70.6 Å². The summed E-state index contributed by atoms with van der Waals surface area (Å²) in [7, 11) is 0. The van der Waals surface area contributed by atoms with Crippen molar-refractivity contribution in [3.8, 4) is 11.5 Å². The average Bonchev–Trinajstić information content (AvgIpc) is 2.78. The molecule has 3 heteroatoms. The molecule has 0 radical (unpaired) electrons. The number of rotatable bonds is 15. The van der Waals surface area contributed by atoms with Crippen LogP contribution in [0.3, 0.4) is 0 Å². The van der Waals surface area contributed by atoms with Crippen LogP contribution in [0.5, 0.6) is 11.5 Å². The second-order valence-corrected chi connectivity index (χ2v) is 7.61. The van der Waals surface area contributed by atoms with Crippen LogP contribution in [0.25, 0.3) is 6.08 Å². The van der Waals surface area contributed by atoms with Crippen molar-refractivity contribution in [2.24, 2.45) is 0 Å². The van der Waals surface area contributed by atoms with E-state index in [4.69, 9.17) is 9.47 Å². The van der Waals surface area contributed by atoms with Crippen molar-refractivity contribution < 1.29 is 14.3 Å². The second-order valence-electron chi connectivity index (χ2n) is 7.61. The van der Waals surface area contributed by atoms with Crippen LogP contribution in [0.4, 0.5) is 0 Å². The predicted molar refractivity (Wildman–Crippen MR) is 126 cm³/mol. The summed E-state index contributed by atoms with van der Waals surface area (Å²) in [5.74, 6) is 1.67. The number of hydrogen-bond donors (Lipinski definition) is 0. The number of benzene rings is 2. The highest BCUT2D eigenvalue weighted by atomic mass is 16.5. The minimum atomic E-state index is -0.0132. The van der Waals surface area contributed by atoms with Gasteiger partial charge in [0.05, 0.1) is 13.2 Å². The van der Waals surface area contributed by atoms with Crippen molar-refractivity contribution >= 4 is 11.9 Å². The van der Waals surface area contributed by atoms with Crippen LogP contribution < -0.4 is 9.47 Å². The maximum absolute atomic E-state index is 12.4. The SMILES string of the molecule is CCCCCCCCOc1ccc(C(=O)/C=C/c2ccc(OCCCC)cc2)cc1. The molecule has 0 aliphatic rings. The Kier molecular flexibility index (Phi) is 11.4. The van der Waals surface area contributed by atoms with E-state index in [0.29, 0.717) is 5.56 Å². The Bertz CT molecular complexity index is 745. The van der Waals surface area contributed by atoms with Crippen LogP contribution in [0.2, 0.25) is 0 Å². The zero-order valence-electron chi connectivity index (χ0n) is 18.6. The zero-order valence-corrected chi connectivity index (χ0v) is 18.6. The molecule has 2 aromatic carbocycles. The van der Waals surface area contributed by atoms with Crippen molar-refractivity contribution in [2.45, 2.75) is 65.2 Å². The van der Waals surface area contributed by atoms with E-state index in [0.717, 1.165) is 49.5 Å². The van der Waals surface area contributed by atoms with Gasteiger partial charge in [0.25, 0.3) is 0 Å². The summed E-state index contributed by atoms with van der Waals surface area (Å²) in [4.78, 5) is 12.4. The topological polar surface area (TPSA) is 35.5 Å². The van der Waals surface area contributed by atoms with Gasteiger partial charge in [0.2, 0.25) is 0 Å². The molecule has 0 N–H and O–H groups in total. The Morgan fingerprint density at radius 3 is 1.87 bits per heavy atom. The summed E-state index contributed by atoms with van der Waals surface area (Å²) >= 11 is 0. The van der Waals surface area contributed by atoms with E-state index < -0.39 is 0 Å². The summed E-state index contributed by atoms with van der Waals surface area (Å²) in [6, 6.07) is 15.2. The number of carbonyl (C=O) groups is 1. The molecule has 0 fully saturated rings. The number of ether oxygens (including phenoxy) is 2. The van der Waals surface area contributed by atoms with Gasteiger partial charge >= 0.3 is 0 Å². The molecule has 3 nitrogen and oxygen atoms in total. The molecule has 0 aromatic heterocycles. The van der Waals surface area contributed by atoms with E-state index >= 15 is 0 Å². The van der Waals surface area contributed by atoms with Crippen LogP contribution in [-0.4, -0.2) is 19.0 Å². The lowest BCUT2D eigenvalue weighted by atomic mass is 10.1. The molecule has 0 spiro atoms. The van der Waals surface area contributed by atoms with E-state index in [9.17, 15) is 4.79 Å². The van der Waals surface area contributed by atoms with E-state index in [1.807, 2.05) is 54.6 Å². The number of carbonyl (C=O) groups excluding carboxylic acids is 1. The molecule has 0 aliphatic heterocycles. The van der Waals surface area contributed by atoms with Gasteiger partial charge in [0.1, 0.15) is 11.5 Å². The molecule has 0 bridgehead atoms. The van der Waals surface area contributed by atoms with Gasteiger partial charge in [-0.3, -0.25) is 4.79 Å². The molecular formula is C27H36O3. The first-order valence-corrected chi connectivity index (χ1v) is 11.4. The summed E-state index contributed by atoms with van der Waals surface area (Å²) in [6.07, 6.45) is 13.1. The third kappa shape index (κ3) is 9.30. The first-order chi connectivity index (χ1) is 14.7. The molecule has 162 valence electrons. The minimum Gasteiger partial charge on any atom is -0.494 e. The van der Waals surface area contributed by atoms with Gasteiger partial charge < -0.3 is 9.47 Å². The number of unbranched alkanes of at least 4 members (excludes halogenated alkanes) is 6. The monoisotopic (exact) mass is 408 g/mol. The Hall–Kier alpha value is -2.55. The predicted octanol–water partition coefficient (Wildman–Crippen LogP) is 7.50. The van der Waals surface area contributed by atoms with Crippen molar-refractivity contribution in [3.63, 3.8) is 0 Å². The Balaban J connectivity index is 1.74. The molecule has 0 aliphatic carbocycles. The van der Waals surface area contributed by atoms with Crippen LogP contribution in [0.15, 0.2) is 54.6 Å². The van der Waals surface area contributed by atoms with E-state index in [-0.39, 0.29) is 5.78 Å². The fraction of sp³-hybridized carbons (Fsp3) is 0.444. The highest BCUT2D eigenvalue weighted by molar-refractivity contribution is 6.06. The molecule has 2 aromatic rings. The Morgan fingerprint density at radius 1 is 0.700 bits per heavy atom. The smallest absolute Gasteiger partial charge is 0.185 e. The van der Waals surface area contributed by atoms with E-state index in [2.05, 4.69) is 13.8 Å². The Labute approximate surface area is 182 Å². The molecule has 0 amide bonds.